The van der Waals surface area contributed by atoms with Crippen molar-refractivity contribution in [2.45, 2.75) is 40.3 Å². The fourth-order valence-electron chi connectivity index (χ4n) is 3.10. The Morgan fingerprint density at radius 2 is 1.89 bits per heavy atom. The number of benzene rings is 2. The summed E-state index contributed by atoms with van der Waals surface area (Å²) >= 11 is 1.62. The van der Waals surface area contributed by atoms with Gasteiger partial charge >= 0.3 is 6.03 Å². The van der Waals surface area contributed by atoms with Gasteiger partial charge in [-0.3, -0.25) is 0 Å². The van der Waals surface area contributed by atoms with E-state index in [1.165, 1.54) is 0 Å². The number of aromatic nitrogens is 1. The second-order valence-corrected chi connectivity index (χ2v) is 7.96. The lowest BCUT2D eigenvalue weighted by atomic mass is 10.1. The van der Waals surface area contributed by atoms with Crippen molar-refractivity contribution in [2.24, 2.45) is 0 Å². The van der Waals surface area contributed by atoms with Crippen molar-refractivity contribution in [3.63, 3.8) is 0 Å². The predicted molar refractivity (Wildman–Crippen MR) is 113 cm³/mol. The first kappa shape index (κ1) is 19.1. The largest absolute Gasteiger partial charge is 0.322 e. The zero-order valence-electron chi connectivity index (χ0n) is 16.2. The Morgan fingerprint density at radius 1 is 1.15 bits per heavy atom. The van der Waals surface area contributed by atoms with Gasteiger partial charge in [0, 0.05) is 35.4 Å². The average Bonchev–Trinajstić information content (AvgIpc) is 3.13. The molecule has 0 spiro atoms. The van der Waals surface area contributed by atoms with E-state index >= 15 is 0 Å². The van der Waals surface area contributed by atoms with Gasteiger partial charge in [0.05, 0.1) is 0 Å². The van der Waals surface area contributed by atoms with Crippen LogP contribution in [0.2, 0.25) is 0 Å². The number of rotatable bonds is 5. The van der Waals surface area contributed by atoms with Crippen molar-refractivity contribution in [3.05, 3.63) is 70.7 Å². The average molecular weight is 380 g/mol. The van der Waals surface area contributed by atoms with Gasteiger partial charge in [-0.1, -0.05) is 24.3 Å². The van der Waals surface area contributed by atoms with E-state index in [1.807, 2.05) is 62.4 Å². The summed E-state index contributed by atoms with van der Waals surface area (Å²) < 4.78 is 0. The molecule has 0 fully saturated rings. The summed E-state index contributed by atoms with van der Waals surface area (Å²) in [5, 5.41) is 6.01. The molecule has 0 aliphatic carbocycles. The first-order valence-electron chi connectivity index (χ1n) is 9.07. The van der Waals surface area contributed by atoms with Crippen LogP contribution in [-0.2, 0) is 6.54 Å². The van der Waals surface area contributed by atoms with E-state index in [9.17, 15) is 4.79 Å². The van der Waals surface area contributed by atoms with Gasteiger partial charge in [-0.15, -0.1) is 11.3 Å². The van der Waals surface area contributed by atoms with Gasteiger partial charge < -0.3 is 10.2 Å². The highest BCUT2D eigenvalue weighted by Crippen LogP contribution is 2.23. The Balaban J connectivity index is 1.77. The SMILES string of the molecule is Cc1cc(C)cc(NC(=O)N(Cc2cccc(-c3nccs3)c2)C(C)C)c1. The highest BCUT2D eigenvalue weighted by atomic mass is 32.1. The lowest BCUT2D eigenvalue weighted by molar-refractivity contribution is 0.193. The van der Waals surface area contributed by atoms with E-state index in [0.717, 1.165) is 32.9 Å². The molecule has 0 bridgehead atoms. The van der Waals surface area contributed by atoms with Gasteiger partial charge in [-0.05, 0) is 62.6 Å². The second-order valence-electron chi connectivity index (χ2n) is 7.07. The van der Waals surface area contributed by atoms with Crippen LogP contribution in [0.1, 0.15) is 30.5 Å². The first-order chi connectivity index (χ1) is 12.9. The van der Waals surface area contributed by atoms with E-state index in [-0.39, 0.29) is 12.1 Å². The van der Waals surface area contributed by atoms with Crippen molar-refractivity contribution in [1.29, 1.82) is 0 Å². The summed E-state index contributed by atoms with van der Waals surface area (Å²) in [6.07, 6.45) is 1.81. The molecule has 2 amide bonds. The summed E-state index contributed by atoms with van der Waals surface area (Å²) in [6, 6.07) is 14.3. The lowest BCUT2D eigenvalue weighted by Gasteiger charge is -2.27. The predicted octanol–water partition coefficient (Wildman–Crippen LogP) is 5.87. The smallest absolute Gasteiger partial charge is 0.318 e. The molecule has 0 saturated carbocycles. The van der Waals surface area contributed by atoms with Crippen molar-refractivity contribution in [3.8, 4) is 10.6 Å². The topological polar surface area (TPSA) is 45.2 Å². The van der Waals surface area contributed by atoms with Crippen LogP contribution in [0.5, 0.6) is 0 Å². The number of carbonyl (C=O) groups is 1. The number of hydrogen-bond donors (Lipinski definition) is 1. The van der Waals surface area contributed by atoms with Crippen LogP contribution in [0.3, 0.4) is 0 Å². The number of urea groups is 1. The van der Waals surface area contributed by atoms with Gasteiger partial charge in [0.2, 0.25) is 0 Å². The quantitative estimate of drug-likeness (QED) is 0.602. The van der Waals surface area contributed by atoms with Gasteiger partial charge in [-0.25, -0.2) is 9.78 Å². The number of aryl methyl sites for hydroxylation is 2. The number of hydrogen-bond acceptors (Lipinski definition) is 3. The molecule has 0 radical (unpaired) electrons. The van der Waals surface area contributed by atoms with E-state index < -0.39 is 0 Å². The Bertz CT molecular complexity index is 899. The van der Waals surface area contributed by atoms with Gasteiger partial charge in [0.1, 0.15) is 5.01 Å². The maximum atomic E-state index is 12.9. The Hall–Kier alpha value is -2.66. The Labute approximate surface area is 164 Å². The number of anilines is 1. The molecule has 3 rings (SSSR count). The third-order valence-electron chi connectivity index (χ3n) is 4.32. The molecular formula is C22H25N3OS. The normalized spacial score (nSPS) is 10.9. The highest BCUT2D eigenvalue weighted by Gasteiger charge is 2.18. The molecule has 0 atom stereocenters. The molecule has 140 valence electrons. The van der Waals surface area contributed by atoms with Crippen LogP contribution in [0.4, 0.5) is 10.5 Å². The van der Waals surface area contributed by atoms with E-state index in [4.69, 9.17) is 0 Å². The number of amides is 2. The van der Waals surface area contributed by atoms with Crippen LogP contribution in [-0.4, -0.2) is 22.0 Å². The van der Waals surface area contributed by atoms with E-state index in [1.54, 1.807) is 11.3 Å². The molecule has 3 aromatic rings. The van der Waals surface area contributed by atoms with Gasteiger partial charge in [0.25, 0.3) is 0 Å². The number of nitrogens with zero attached hydrogens (tertiary/aromatic N) is 2. The highest BCUT2D eigenvalue weighted by molar-refractivity contribution is 7.13. The molecule has 4 nitrogen and oxygen atoms in total. The minimum Gasteiger partial charge on any atom is -0.318 e. The Morgan fingerprint density at radius 3 is 2.52 bits per heavy atom. The van der Waals surface area contributed by atoms with Crippen LogP contribution >= 0.6 is 11.3 Å². The zero-order chi connectivity index (χ0) is 19.4. The third kappa shape index (κ3) is 4.95. The molecule has 0 unspecified atom stereocenters. The molecule has 0 saturated heterocycles. The molecule has 0 aliphatic heterocycles. The molecule has 5 heteroatoms. The molecular weight excluding hydrogens is 354 g/mol. The van der Waals surface area contributed by atoms with Gasteiger partial charge in [0.15, 0.2) is 0 Å². The Kier molecular flexibility index (Phi) is 5.91. The minimum absolute atomic E-state index is 0.0828. The summed E-state index contributed by atoms with van der Waals surface area (Å²) in [7, 11) is 0. The summed E-state index contributed by atoms with van der Waals surface area (Å²) in [5.41, 5.74) is 5.28. The molecule has 1 aromatic heterocycles. The molecule has 2 aromatic carbocycles. The lowest BCUT2D eigenvalue weighted by Crippen LogP contribution is -2.39. The van der Waals surface area contributed by atoms with Crippen molar-refractivity contribution < 1.29 is 4.79 Å². The standard InChI is InChI=1S/C22H25N3OS/c1-15(2)25(22(26)24-20-11-16(3)10-17(4)12-20)14-18-6-5-7-19(13-18)21-23-8-9-27-21/h5-13,15H,14H2,1-4H3,(H,24,26). The fourth-order valence-corrected chi connectivity index (χ4v) is 3.73. The molecule has 27 heavy (non-hydrogen) atoms. The van der Waals surface area contributed by atoms with Crippen molar-refractivity contribution in [2.75, 3.05) is 5.32 Å². The minimum atomic E-state index is -0.0883. The van der Waals surface area contributed by atoms with Crippen LogP contribution in [0.25, 0.3) is 10.6 Å². The number of thiazole rings is 1. The van der Waals surface area contributed by atoms with Crippen LogP contribution in [0.15, 0.2) is 54.0 Å². The number of nitrogens with one attached hydrogen (secondary N) is 1. The molecule has 1 heterocycles. The summed E-state index contributed by atoms with van der Waals surface area (Å²) in [4.78, 5) is 19.1. The van der Waals surface area contributed by atoms with Crippen LogP contribution < -0.4 is 5.32 Å². The van der Waals surface area contributed by atoms with E-state index in [0.29, 0.717) is 6.54 Å². The maximum Gasteiger partial charge on any atom is 0.322 e. The van der Waals surface area contributed by atoms with Crippen molar-refractivity contribution >= 4 is 23.1 Å². The fraction of sp³-hybridized carbons (Fsp3) is 0.273. The van der Waals surface area contributed by atoms with E-state index in [2.05, 4.69) is 34.6 Å². The third-order valence-corrected chi connectivity index (χ3v) is 5.14. The van der Waals surface area contributed by atoms with Crippen molar-refractivity contribution in [1.82, 2.24) is 9.88 Å². The second kappa shape index (κ2) is 8.35. The monoisotopic (exact) mass is 379 g/mol. The number of carbonyl (C=O) groups excluding carboxylic acids is 1. The summed E-state index contributed by atoms with van der Waals surface area (Å²) in [5.74, 6) is 0. The summed E-state index contributed by atoms with van der Waals surface area (Å²) in [6.45, 7) is 8.69. The molecule has 1 N–H and O–H groups in total. The first-order valence-corrected chi connectivity index (χ1v) is 9.95. The van der Waals surface area contributed by atoms with Gasteiger partial charge in [-0.2, -0.15) is 0 Å². The van der Waals surface area contributed by atoms with Crippen LogP contribution in [0, 0.1) is 13.8 Å². The molecule has 0 aliphatic rings. The zero-order valence-corrected chi connectivity index (χ0v) is 17.0. The maximum absolute atomic E-state index is 12.9.